The third-order valence-electron chi connectivity index (χ3n) is 4.21. The standard InChI is InChI=1S/C17H19FN6O2S/c1-12(27)20-9-14-10-24(17(25)26-14)13-2-3-16(15(18)8-13)22-6-7-23(5-4-19)21-11-22/h2-3,8,11,14H,5-7,9-10H2,1H3,(H,20,27)/t14-/m0/s1. The molecule has 2 heterocycles. The first kappa shape index (κ1) is 18.8. The van der Waals surface area contributed by atoms with Crippen LogP contribution in [0.3, 0.4) is 0 Å². The summed E-state index contributed by atoms with van der Waals surface area (Å²) in [4.78, 5) is 15.8. The summed E-state index contributed by atoms with van der Waals surface area (Å²) in [7, 11) is 0. The number of nitrogens with zero attached hydrogens (tertiary/aromatic N) is 5. The molecule has 1 N–H and O–H groups in total. The van der Waals surface area contributed by atoms with Gasteiger partial charge in [0, 0.05) is 6.54 Å². The molecule has 1 saturated heterocycles. The van der Waals surface area contributed by atoms with Gasteiger partial charge in [0.05, 0.1) is 42.1 Å². The summed E-state index contributed by atoms with van der Waals surface area (Å²) in [5.41, 5.74) is 0.795. The fraction of sp³-hybridized carbons (Fsp3) is 0.412. The Bertz CT molecular complexity index is 811. The molecular weight excluding hydrogens is 371 g/mol. The van der Waals surface area contributed by atoms with Crippen molar-refractivity contribution in [1.82, 2.24) is 10.3 Å². The molecule has 3 rings (SSSR count). The fourth-order valence-electron chi connectivity index (χ4n) is 2.85. The molecule has 0 aromatic heterocycles. The zero-order chi connectivity index (χ0) is 19.4. The lowest BCUT2D eigenvalue weighted by atomic mass is 10.2. The van der Waals surface area contributed by atoms with E-state index in [-0.39, 0.29) is 12.6 Å². The van der Waals surface area contributed by atoms with Crippen LogP contribution >= 0.6 is 12.2 Å². The predicted octanol–water partition coefficient (Wildman–Crippen LogP) is 1.68. The number of ether oxygens (including phenoxy) is 1. The largest absolute Gasteiger partial charge is 0.442 e. The van der Waals surface area contributed by atoms with Crippen LogP contribution in [0.15, 0.2) is 23.3 Å². The number of thiocarbonyl (C=S) groups is 1. The number of nitriles is 1. The minimum absolute atomic E-state index is 0.196. The third-order valence-corrected chi connectivity index (χ3v) is 4.36. The van der Waals surface area contributed by atoms with E-state index in [1.165, 1.54) is 17.3 Å². The molecule has 1 amide bonds. The van der Waals surface area contributed by atoms with Crippen molar-refractivity contribution < 1.29 is 13.9 Å². The maximum absolute atomic E-state index is 14.6. The molecule has 1 atom stereocenters. The van der Waals surface area contributed by atoms with Gasteiger partial charge in [-0.3, -0.25) is 9.91 Å². The monoisotopic (exact) mass is 390 g/mol. The highest BCUT2D eigenvalue weighted by Gasteiger charge is 2.32. The lowest BCUT2D eigenvalue weighted by Crippen LogP contribution is -2.38. The molecule has 142 valence electrons. The van der Waals surface area contributed by atoms with Crippen molar-refractivity contribution in [2.45, 2.75) is 13.0 Å². The van der Waals surface area contributed by atoms with Gasteiger partial charge < -0.3 is 15.0 Å². The number of halogens is 1. The Balaban J connectivity index is 1.68. The second kappa shape index (κ2) is 8.18. The fourth-order valence-corrected chi connectivity index (χ4v) is 2.93. The summed E-state index contributed by atoms with van der Waals surface area (Å²) in [6.45, 7) is 3.72. The van der Waals surface area contributed by atoms with Gasteiger partial charge in [0.1, 0.15) is 24.8 Å². The minimum atomic E-state index is -0.511. The second-order valence-electron chi connectivity index (χ2n) is 6.16. The van der Waals surface area contributed by atoms with Gasteiger partial charge in [-0.25, -0.2) is 9.18 Å². The Morgan fingerprint density at radius 3 is 2.96 bits per heavy atom. The molecule has 0 unspecified atom stereocenters. The van der Waals surface area contributed by atoms with Crippen molar-refractivity contribution in [3.8, 4) is 6.07 Å². The first-order valence-electron chi connectivity index (χ1n) is 8.42. The Morgan fingerprint density at radius 2 is 2.33 bits per heavy atom. The Morgan fingerprint density at radius 1 is 1.52 bits per heavy atom. The number of nitrogens with one attached hydrogen (secondary N) is 1. The van der Waals surface area contributed by atoms with Crippen molar-refractivity contribution in [2.24, 2.45) is 5.10 Å². The van der Waals surface area contributed by atoms with E-state index >= 15 is 0 Å². The number of cyclic esters (lactones) is 1. The highest BCUT2D eigenvalue weighted by Crippen LogP contribution is 2.28. The van der Waals surface area contributed by atoms with Crippen LogP contribution < -0.4 is 15.1 Å². The molecule has 0 bridgehead atoms. The molecule has 1 fully saturated rings. The van der Waals surface area contributed by atoms with E-state index < -0.39 is 11.9 Å². The van der Waals surface area contributed by atoms with Crippen LogP contribution in [-0.4, -0.2) is 61.3 Å². The van der Waals surface area contributed by atoms with Gasteiger partial charge in [0.2, 0.25) is 0 Å². The van der Waals surface area contributed by atoms with Crippen LogP contribution in [0.2, 0.25) is 0 Å². The van der Waals surface area contributed by atoms with Gasteiger partial charge in [0.15, 0.2) is 0 Å². The second-order valence-corrected chi connectivity index (χ2v) is 6.77. The van der Waals surface area contributed by atoms with E-state index in [9.17, 15) is 9.18 Å². The van der Waals surface area contributed by atoms with Crippen molar-refractivity contribution in [3.05, 3.63) is 24.0 Å². The van der Waals surface area contributed by atoms with Gasteiger partial charge in [-0.15, -0.1) is 0 Å². The Hall–Kier alpha value is -2.93. The smallest absolute Gasteiger partial charge is 0.414 e. The average Bonchev–Trinajstić information content (AvgIpc) is 3.02. The molecule has 0 radical (unpaired) electrons. The van der Waals surface area contributed by atoms with Crippen LogP contribution in [0.4, 0.5) is 20.6 Å². The Kier molecular flexibility index (Phi) is 5.71. The van der Waals surface area contributed by atoms with Gasteiger partial charge in [-0.2, -0.15) is 10.4 Å². The van der Waals surface area contributed by atoms with E-state index in [0.29, 0.717) is 42.5 Å². The molecule has 10 heteroatoms. The van der Waals surface area contributed by atoms with Crippen LogP contribution in [0, 0.1) is 17.1 Å². The van der Waals surface area contributed by atoms with E-state index in [2.05, 4.69) is 10.4 Å². The maximum atomic E-state index is 14.6. The van der Waals surface area contributed by atoms with Crippen molar-refractivity contribution in [2.75, 3.05) is 42.5 Å². The summed E-state index contributed by atoms with van der Waals surface area (Å²) in [5.74, 6) is -0.461. The summed E-state index contributed by atoms with van der Waals surface area (Å²) in [6, 6.07) is 6.62. The summed E-state index contributed by atoms with van der Waals surface area (Å²) in [6.07, 6.45) is 0.638. The molecule has 8 nitrogen and oxygen atoms in total. The Labute approximate surface area is 161 Å². The molecule has 2 aliphatic heterocycles. The van der Waals surface area contributed by atoms with Gasteiger partial charge in [-0.1, -0.05) is 12.2 Å². The summed E-state index contributed by atoms with van der Waals surface area (Å²) in [5, 5.41) is 17.4. The van der Waals surface area contributed by atoms with Crippen LogP contribution in [0.5, 0.6) is 0 Å². The number of hydrogen-bond donors (Lipinski definition) is 1. The molecule has 1 aromatic carbocycles. The van der Waals surface area contributed by atoms with Gasteiger partial charge in [0.25, 0.3) is 0 Å². The van der Waals surface area contributed by atoms with Crippen LogP contribution in [0.1, 0.15) is 6.92 Å². The van der Waals surface area contributed by atoms with Crippen LogP contribution in [0.25, 0.3) is 0 Å². The van der Waals surface area contributed by atoms with E-state index in [1.54, 1.807) is 29.0 Å². The number of anilines is 2. The topological polar surface area (TPSA) is 84.2 Å². The van der Waals surface area contributed by atoms with E-state index in [0.717, 1.165) is 0 Å². The zero-order valence-corrected chi connectivity index (χ0v) is 15.6. The number of benzene rings is 1. The number of carbonyl (C=O) groups excluding carboxylic acids is 1. The normalized spacial score (nSPS) is 19.1. The zero-order valence-electron chi connectivity index (χ0n) is 14.8. The first-order valence-corrected chi connectivity index (χ1v) is 8.83. The molecular formula is C17H19FN6O2S. The third kappa shape index (κ3) is 4.43. The molecule has 0 spiro atoms. The van der Waals surface area contributed by atoms with Gasteiger partial charge >= 0.3 is 6.09 Å². The molecule has 0 aliphatic carbocycles. The number of amides is 1. The summed E-state index contributed by atoms with van der Waals surface area (Å²) >= 11 is 4.95. The molecule has 1 aromatic rings. The van der Waals surface area contributed by atoms with Crippen molar-refractivity contribution >= 4 is 41.0 Å². The maximum Gasteiger partial charge on any atom is 0.414 e. The van der Waals surface area contributed by atoms with Crippen LogP contribution in [-0.2, 0) is 4.74 Å². The predicted molar refractivity (Wildman–Crippen MR) is 103 cm³/mol. The van der Waals surface area contributed by atoms with Crippen molar-refractivity contribution in [3.63, 3.8) is 0 Å². The first-order chi connectivity index (χ1) is 13.0. The number of hydrogen-bond acceptors (Lipinski definition) is 7. The average molecular weight is 390 g/mol. The number of carbonyl (C=O) groups is 1. The lowest BCUT2D eigenvalue weighted by molar-refractivity contribution is 0.143. The highest BCUT2D eigenvalue weighted by atomic mass is 32.1. The van der Waals surface area contributed by atoms with Crippen molar-refractivity contribution in [1.29, 1.82) is 5.26 Å². The minimum Gasteiger partial charge on any atom is -0.442 e. The SMILES string of the molecule is CC(=S)NC[C@H]1CN(c2ccc(N3C=NN(CC#N)CC3)c(F)c2)C(=O)O1. The lowest BCUT2D eigenvalue weighted by Gasteiger charge is -2.29. The van der Waals surface area contributed by atoms with E-state index in [4.69, 9.17) is 22.2 Å². The highest BCUT2D eigenvalue weighted by molar-refractivity contribution is 7.80. The number of hydrazone groups is 1. The van der Waals surface area contributed by atoms with E-state index in [1.807, 2.05) is 6.07 Å². The molecule has 0 saturated carbocycles. The quantitative estimate of drug-likeness (QED) is 0.605. The van der Waals surface area contributed by atoms with Gasteiger partial charge in [-0.05, 0) is 25.1 Å². The summed E-state index contributed by atoms with van der Waals surface area (Å²) < 4.78 is 19.9. The molecule has 2 aliphatic rings. The molecule has 27 heavy (non-hydrogen) atoms. The number of rotatable bonds is 5.